The molecular weight excluding hydrogens is 251 g/mol. The number of hydrogen-bond acceptors (Lipinski definition) is 4. The second-order valence-corrected chi connectivity index (χ2v) is 5.12. The van der Waals surface area contributed by atoms with Crippen LogP contribution in [0.5, 0.6) is 0 Å². The monoisotopic (exact) mass is 264 g/mol. The summed E-state index contributed by atoms with van der Waals surface area (Å²) < 4.78 is 19.0. The van der Waals surface area contributed by atoms with Crippen molar-refractivity contribution in [2.45, 2.75) is 13.3 Å². The molecule has 1 aliphatic heterocycles. The maximum Gasteiger partial charge on any atom is 0.311 e. The number of hydrogen-bond donors (Lipinski definition) is 1. The normalized spacial score (nSPS) is 23.2. The molecule has 6 heteroatoms. The smallest absolute Gasteiger partial charge is 0.311 e. The summed E-state index contributed by atoms with van der Waals surface area (Å²) in [5.41, 5.74) is -0.250. The summed E-state index contributed by atoms with van der Waals surface area (Å²) in [4.78, 5) is 17.0. The minimum atomic E-state index is -0.836. The fraction of sp³-hybridized carbons (Fsp3) is 0.385. The Morgan fingerprint density at radius 1 is 1.58 bits per heavy atom. The van der Waals surface area contributed by atoms with E-state index in [0.29, 0.717) is 25.1 Å². The number of oxazole rings is 1. The molecule has 1 atom stereocenters. The number of benzene rings is 1. The van der Waals surface area contributed by atoms with Crippen molar-refractivity contribution in [3.05, 3.63) is 24.0 Å². The maximum atomic E-state index is 13.5. The van der Waals surface area contributed by atoms with Crippen LogP contribution in [0.2, 0.25) is 0 Å². The number of nitrogens with zero attached hydrogens (tertiary/aromatic N) is 2. The summed E-state index contributed by atoms with van der Waals surface area (Å²) in [6.07, 6.45) is 0.517. The van der Waals surface area contributed by atoms with E-state index in [1.165, 1.54) is 6.07 Å². The first-order chi connectivity index (χ1) is 8.99. The van der Waals surface area contributed by atoms with Crippen LogP contribution in [0.4, 0.5) is 10.4 Å². The third-order valence-electron chi connectivity index (χ3n) is 3.62. The van der Waals surface area contributed by atoms with Gasteiger partial charge in [0.1, 0.15) is 5.52 Å². The highest BCUT2D eigenvalue weighted by molar-refractivity contribution is 5.77. The van der Waals surface area contributed by atoms with Crippen molar-refractivity contribution in [2.75, 3.05) is 18.0 Å². The van der Waals surface area contributed by atoms with Crippen LogP contribution >= 0.6 is 0 Å². The zero-order valence-electron chi connectivity index (χ0n) is 10.4. The van der Waals surface area contributed by atoms with Crippen LogP contribution in [0.25, 0.3) is 11.1 Å². The molecule has 19 heavy (non-hydrogen) atoms. The highest BCUT2D eigenvalue weighted by Gasteiger charge is 2.42. The van der Waals surface area contributed by atoms with E-state index >= 15 is 0 Å². The third-order valence-corrected chi connectivity index (χ3v) is 3.62. The molecule has 1 aliphatic rings. The lowest BCUT2D eigenvalue weighted by Crippen LogP contribution is -2.31. The molecule has 0 bridgehead atoms. The molecule has 1 saturated heterocycles. The Balaban J connectivity index is 1.94. The number of carboxylic acid groups (broad SMARTS) is 1. The summed E-state index contributed by atoms with van der Waals surface area (Å²) in [5, 5.41) is 9.18. The number of anilines is 1. The first-order valence-corrected chi connectivity index (χ1v) is 6.03. The van der Waals surface area contributed by atoms with Crippen LogP contribution in [0, 0.1) is 11.2 Å². The van der Waals surface area contributed by atoms with Gasteiger partial charge in [-0.05, 0) is 25.5 Å². The van der Waals surface area contributed by atoms with Gasteiger partial charge in [-0.25, -0.2) is 4.39 Å². The van der Waals surface area contributed by atoms with Crippen LogP contribution in [0.15, 0.2) is 22.6 Å². The SMILES string of the molecule is CC1(C(=O)O)CCN(c2nc3c(F)cccc3o2)C1. The Bertz CT molecular complexity index is 654. The molecule has 1 fully saturated rings. The van der Waals surface area contributed by atoms with Crippen molar-refractivity contribution < 1.29 is 18.7 Å². The highest BCUT2D eigenvalue weighted by atomic mass is 19.1. The van der Waals surface area contributed by atoms with Crippen molar-refractivity contribution >= 4 is 23.1 Å². The van der Waals surface area contributed by atoms with Gasteiger partial charge in [-0.3, -0.25) is 4.79 Å². The van der Waals surface area contributed by atoms with E-state index in [1.54, 1.807) is 24.0 Å². The molecule has 0 amide bonds. The standard InChI is InChI=1S/C13H13FN2O3/c1-13(11(17)18)5-6-16(7-13)12-15-10-8(14)3-2-4-9(10)19-12/h2-4H,5-7H2,1H3,(H,17,18). The van der Waals surface area contributed by atoms with E-state index in [-0.39, 0.29) is 11.5 Å². The summed E-state index contributed by atoms with van der Waals surface area (Å²) >= 11 is 0. The Morgan fingerprint density at radius 2 is 2.37 bits per heavy atom. The van der Waals surface area contributed by atoms with E-state index in [1.807, 2.05) is 0 Å². The molecule has 1 unspecified atom stereocenters. The van der Waals surface area contributed by atoms with Crippen LogP contribution in [-0.4, -0.2) is 29.1 Å². The van der Waals surface area contributed by atoms with Gasteiger partial charge in [0, 0.05) is 13.1 Å². The van der Waals surface area contributed by atoms with Gasteiger partial charge in [0.25, 0.3) is 6.01 Å². The number of aromatic nitrogens is 1. The quantitative estimate of drug-likeness (QED) is 0.901. The van der Waals surface area contributed by atoms with Crippen LogP contribution < -0.4 is 4.90 Å². The number of halogens is 1. The lowest BCUT2D eigenvalue weighted by atomic mass is 9.90. The molecule has 5 nitrogen and oxygen atoms in total. The molecule has 1 aromatic carbocycles. The third kappa shape index (κ3) is 1.83. The van der Waals surface area contributed by atoms with Gasteiger partial charge in [0.2, 0.25) is 0 Å². The number of fused-ring (bicyclic) bond motifs is 1. The van der Waals surface area contributed by atoms with Gasteiger partial charge in [-0.1, -0.05) is 6.07 Å². The van der Waals surface area contributed by atoms with E-state index in [9.17, 15) is 14.3 Å². The molecule has 2 aromatic rings. The number of aliphatic carboxylic acids is 1. The van der Waals surface area contributed by atoms with Crippen molar-refractivity contribution in [1.82, 2.24) is 4.98 Å². The highest BCUT2D eigenvalue weighted by Crippen LogP contribution is 2.34. The lowest BCUT2D eigenvalue weighted by Gasteiger charge is -2.18. The van der Waals surface area contributed by atoms with Gasteiger partial charge in [-0.2, -0.15) is 4.98 Å². The number of carbonyl (C=O) groups is 1. The molecule has 0 radical (unpaired) electrons. The van der Waals surface area contributed by atoms with E-state index in [0.717, 1.165) is 0 Å². The summed E-state index contributed by atoms with van der Waals surface area (Å²) in [5.74, 6) is -1.27. The van der Waals surface area contributed by atoms with E-state index in [4.69, 9.17) is 4.42 Å². The Labute approximate surface area is 108 Å². The first-order valence-electron chi connectivity index (χ1n) is 6.03. The van der Waals surface area contributed by atoms with Crippen LogP contribution in [0.3, 0.4) is 0 Å². The molecule has 0 saturated carbocycles. The average Bonchev–Trinajstić information content (AvgIpc) is 2.94. The largest absolute Gasteiger partial charge is 0.481 e. The molecule has 1 aromatic heterocycles. The second kappa shape index (κ2) is 3.94. The molecule has 3 rings (SSSR count). The van der Waals surface area contributed by atoms with Gasteiger partial charge in [0.15, 0.2) is 11.4 Å². The fourth-order valence-electron chi connectivity index (χ4n) is 2.34. The Kier molecular flexibility index (Phi) is 2.48. The fourth-order valence-corrected chi connectivity index (χ4v) is 2.34. The minimum absolute atomic E-state index is 0.182. The van der Waals surface area contributed by atoms with Gasteiger partial charge < -0.3 is 14.4 Å². The predicted octanol–water partition coefficient (Wildman–Crippen LogP) is 2.27. The predicted molar refractivity (Wildman–Crippen MR) is 66.5 cm³/mol. The van der Waals surface area contributed by atoms with Crippen molar-refractivity contribution in [3.63, 3.8) is 0 Å². The zero-order valence-corrected chi connectivity index (χ0v) is 10.4. The lowest BCUT2D eigenvalue weighted by molar-refractivity contribution is -0.146. The zero-order chi connectivity index (χ0) is 13.6. The van der Waals surface area contributed by atoms with Gasteiger partial charge in [0.05, 0.1) is 5.41 Å². The maximum absolute atomic E-state index is 13.5. The summed E-state index contributed by atoms with van der Waals surface area (Å²) in [7, 11) is 0. The molecule has 0 spiro atoms. The van der Waals surface area contributed by atoms with Crippen molar-refractivity contribution in [1.29, 1.82) is 0 Å². The van der Waals surface area contributed by atoms with Crippen molar-refractivity contribution in [3.8, 4) is 0 Å². The molecule has 1 N–H and O–H groups in total. The second-order valence-electron chi connectivity index (χ2n) is 5.12. The minimum Gasteiger partial charge on any atom is -0.481 e. The first kappa shape index (κ1) is 12.0. The van der Waals surface area contributed by atoms with E-state index < -0.39 is 17.2 Å². The molecule has 100 valence electrons. The van der Waals surface area contributed by atoms with Gasteiger partial charge >= 0.3 is 5.97 Å². The van der Waals surface area contributed by atoms with Crippen molar-refractivity contribution in [2.24, 2.45) is 5.41 Å². The average molecular weight is 264 g/mol. The topological polar surface area (TPSA) is 66.6 Å². The molecule has 0 aliphatic carbocycles. The summed E-state index contributed by atoms with van der Waals surface area (Å²) in [6.45, 7) is 2.55. The molecular formula is C13H13FN2O3. The Morgan fingerprint density at radius 3 is 3.00 bits per heavy atom. The number of carboxylic acids is 1. The van der Waals surface area contributed by atoms with Crippen LogP contribution in [0.1, 0.15) is 13.3 Å². The number of para-hydroxylation sites is 1. The van der Waals surface area contributed by atoms with Crippen LogP contribution in [-0.2, 0) is 4.79 Å². The van der Waals surface area contributed by atoms with E-state index in [2.05, 4.69) is 4.98 Å². The molecule has 2 heterocycles. The Hall–Kier alpha value is -2.11. The number of rotatable bonds is 2. The summed E-state index contributed by atoms with van der Waals surface area (Å²) in [6, 6.07) is 4.80. The van der Waals surface area contributed by atoms with Gasteiger partial charge in [-0.15, -0.1) is 0 Å².